The van der Waals surface area contributed by atoms with Gasteiger partial charge in [-0.1, -0.05) is 35.9 Å². The molecule has 1 heterocycles. The molecule has 3 aromatic rings. The Hall–Kier alpha value is -2.48. The van der Waals surface area contributed by atoms with Crippen molar-refractivity contribution in [1.82, 2.24) is 4.72 Å². The highest BCUT2D eigenvalue weighted by Gasteiger charge is 2.18. The number of hydrogen-bond acceptors (Lipinski definition) is 4. The zero-order chi connectivity index (χ0) is 19.6. The number of carbonyl (C=O) groups excluding carboxylic acids is 1. The van der Waals surface area contributed by atoms with E-state index in [-0.39, 0.29) is 10.8 Å². The number of aryl methyl sites for hydroxylation is 2. The van der Waals surface area contributed by atoms with Crippen molar-refractivity contribution in [3.63, 3.8) is 0 Å². The molecule has 0 atom stereocenters. The minimum atomic E-state index is -3.59. The van der Waals surface area contributed by atoms with Crippen LogP contribution in [0.25, 0.3) is 11.1 Å². The summed E-state index contributed by atoms with van der Waals surface area (Å²) in [5.41, 5.74) is 4.02. The number of carbonyl (C=O) groups is 1. The summed E-state index contributed by atoms with van der Waals surface area (Å²) in [6.45, 7) is 3.73. The van der Waals surface area contributed by atoms with Crippen LogP contribution in [0.5, 0.6) is 0 Å². The molecule has 0 aliphatic rings. The van der Waals surface area contributed by atoms with Crippen LogP contribution in [0.1, 0.15) is 20.8 Å². The van der Waals surface area contributed by atoms with E-state index in [1.807, 2.05) is 42.6 Å². The highest BCUT2D eigenvalue weighted by atomic mass is 32.2. The Morgan fingerprint density at radius 3 is 2.37 bits per heavy atom. The molecule has 140 valence electrons. The summed E-state index contributed by atoms with van der Waals surface area (Å²) in [5, 5.41) is 4.68. The van der Waals surface area contributed by atoms with Crippen molar-refractivity contribution in [2.45, 2.75) is 18.7 Å². The third-order valence-electron chi connectivity index (χ3n) is 4.24. The molecule has 3 rings (SSSR count). The Kier molecular flexibility index (Phi) is 5.46. The second-order valence-electron chi connectivity index (χ2n) is 6.17. The number of nitrogens with one attached hydrogen (secondary N) is 2. The summed E-state index contributed by atoms with van der Waals surface area (Å²) in [4.78, 5) is 13.5. The lowest BCUT2D eigenvalue weighted by Crippen LogP contribution is -2.20. The second kappa shape index (κ2) is 7.64. The normalized spacial score (nSPS) is 11.4. The van der Waals surface area contributed by atoms with Gasteiger partial charge in [-0.25, -0.2) is 13.1 Å². The Balaban J connectivity index is 1.90. The minimum Gasteiger partial charge on any atom is -0.321 e. The molecule has 0 aliphatic carbocycles. The molecule has 0 unspecified atom stereocenters. The molecule has 7 heteroatoms. The maximum atomic E-state index is 12.8. The van der Waals surface area contributed by atoms with E-state index in [0.717, 1.165) is 16.7 Å². The largest absolute Gasteiger partial charge is 0.321 e. The average molecular weight is 401 g/mol. The van der Waals surface area contributed by atoms with Crippen molar-refractivity contribution in [2.24, 2.45) is 0 Å². The van der Waals surface area contributed by atoms with Crippen molar-refractivity contribution in [1.29, 1.82) is 0 Å². The lowest BCUT2D eigenvalue weighted by molar-refractivity contribution is 0.103. The molecule has 0 bridgehead atoms. The lowest BCUT2D eigenvalue weighted by Gasteiger charge is -2.11. The van der Waals surface area contributed by atoms with Crippen LogP contribution in [0.4, 0.5) is 5.69 Å². The first-order chi connectivity index (χ1) is 12.8. The number of thiophene rings is 1. The van der Waals surface area contributed by atoms with Crippen molar-refractivity contribution < 1.29 is 13.2 Å². The number of benzene rings is 2. The monoisotopic (exact) mass is 400 g/mol. The van der Waals surface area contributed by atoms with E-state index in [9.17, 15) is 13.2 Å². The van der Waals surface area contributed by atoms with Crippen LogP contribution in [0.2, 0.25) is 0 Å². The van der Waals surface area contributed by atoms with Crippen LogP contribution in [0, 0.1) is 13.8 Å². The first-order valence-electron chi connectivity index (χ1n) is 8.32. The molecule has 0 saturated heterocycles. The summed E-state index contributed by atoms with van der Waals surface area (Å²) in [5.74, 6) is -0.266. The second-order valence-corrected chi connectivity index (χ2v) is 8.94. The Labute approximate surface area is 163 Å². The predicted octanol–water partition coefficient (Wildman–Crippen LogP) is 4.19. The third kappa shape index (κ3) is 4.10. The number of rotatable bonds is 5. The number of amides is 1. The number of anilines is 1. The van der Waals surface area contributed by atoms with Crippen LogP contribution in [0.3, 0.4) is 0 Å². The summed E-state index contributed by atoms with van der Waals surface area (Å²) < 4.78 is 26.6. The maximum Gasteiger partial charge on any atom is 0.266 e. The molecule has 0 radical (unpaired) electrons. The first kappa shape index (κ1) is 19.3. The van der Waals surface area contributed by atoms with E-state index in [0.29, 0.717) is 16.1 Å². The zero-order valence-electron chi connectivity index (χ0n) is 15.2. The highest BCUT2D eigenvalue weighted by molar-refractivity contribution is 7.89. The van der Waals surface area contributed by atoms with E-state index in [4.69, 9.17) is 0 Å². The van der Waals surface area contributed by atoms with Crippen LogP contribution in [-0.2, 0) is 10.0 Å². The van der Waals surface area contributed by atoms with E-state index < -0.39 is 10.0 Å². The van der Waals surface area contributed by atoms with Gasteiger partial charge in [0.25, 0.3) is 5.91 Å². The lowest BCUT2D eigenvalue weighted by atomic mass is 10.0. The molecule has 2 N–H and O–H groups in total. The molecule has 2 aromatic carbocycles. The molecule has 0 aliphatic heterocycles. The van der Waals surface area contributed by atoms with Crippen LogP contribution < -0.4 is 10.0 Å². The van der Waals surface area contributed by atoms with Gasteiger partial charge in [0.05, 0.1) is 9.77 Å². The minimum absolute atomic E-state index is 0.146. The van der Waals surface area contributed by atoms with Gasteiger partial charge in [0.2, 0.25) is 10.0 Å². The van der Waals surface area contributed by atoms with Gasteiger partial charge in [-0.2, -0.15) is 0 Å². The third-order valence-corrected chi connectivity index (χ3v) is 6.71. The van der Waals surface area contributed by atoms with Gasteiger partial charge in [0, 0.05) is 11.3 Å². The SMILES string of the molecule is CNS(=O)(=O)c1cc(NC(=O)c2sccc2-c2ccc(C)cc2)ccc1C. The summed E-state index contributed by atoms with van der Waals surface area (Å²) in [6, 6.07) is 14.7. The first-order valence-corrected chi connectivity index (χ1v) is 10.7. The Bertz CT molecular complexity index is 1080. The highest BCUT2D eigenvalue weighted by Crippen LogP contribution is 2.30. The zero-order valence-corrected chi connectivity index (χ0v) is 16.9. The number of hydrogen-bond donors (Lipinski definition) is 2. The van der Waals surface area contributed by atoms with Gasteiger partial charge in [0.1, 0.15) is 0 Å². The van der Waals surface area contributed by atoms with E-state index in [1.54, 1.807) is 19.1 Å². The standard InChI is InChI=1S/C20H20N2O3S2/c1-13-4-7-15(8-5-13)17-10-11-26-19(17)20(23)22-16-9-6-14(2)18(12-16)27(24,25)21-3/h4-12,21H,1-3H3,(H,22,23). The van der Waals surface area contributed by atoms with Crippen LogP contribution >= 0.6 is 11.3 Å². The molecular weight excluding hydrogens is 380 g/mol. The molecular formula is C20H20N2O3S2. The fourth-order valence-electron chi connectivity index (χ4n) is 2.71. The molecule has 27 heavy (non-hydrogen) atoms. The molecule has 0 saturated carbocycles. The fourth-order valence-corrected chi connectivity index (χ4v) is 4.52. The topological polar surface area (TPSA) is 75.3 Å². The van der Waals surface area contributed by atoms with E-state index in [2.05, 4.69) is 10.0 Å². The smallest absolute Gasteiger partial charge is 0.266 e. The van der Waals surface area contributed by atoms with E-state index >= 15 is 0 Å². The van der Waals surface area contributed by atoms with Gasteiger partial charge in [-0.05, 0) is 55.6 Å². The molecule has 1 aromatic heterocycles. The molecule has 1 amide bonds. The van der Waals surface area contributed by atoms with Crippen molar-refractivity contribution >= 4 is 33.0 Å². The van der Waals surface area contributed by atoms with Crippen molar-refractivity contribution in [3.05, 3.63) is 69.9 Å². The molecule has 5 nitrogen and oxygen atoms in total. The molecule has 0 fully saturated rings. The summed E-state index contributed by atoms with van der Waals surface area (Å²) >= 11 is 1.35. The van der Waals surface area contributed by atoms with Crippen LogP contribution in [-0.4, -0.2) is 21.4 Å². The van der Waals surface area contributed by atoms with Gasteiger partial charge >= 0.3 is 0 Å². The maximum absolute atomic E-state index is 12.8. The number of sulfonamides is 1. The average Bonchev–Trinajstić information content (AvgIpc) is 3.13. The van der Waals surface area contributed by atoms with Crippen molar-refractivity contribution in [3.8, 4) is 11.1 Å². The molecule has 0 spiro atoms. The van der Waals surface area contributed by atoms with Gasteiger partial charge in [-0.3, -0.25) is 4.79 Å². The summed E-state index contributed by atoms with van der Waals surface area (Å²) in [6.07, 6.45) is 0. The van der Waals surface area contributed by atoms with Crippen LogP contribution in [0.15, 0.2) is 58.8 Å². The Morgan fingerprint density at radius 1 is 1.00 bits per heavy atom. The van der Waals surface area contributed by atoms with Gasteiger partial charge in [0.15, 0.2) is 0 Å². The van der Waals surface area contributed by atoms with Crippen molar-refractivity contribution in [2.75, 3.05) is 12.4 Å². The van der Waals surface area contributed by atoms with Gasteiger partial charge in [-0.15, -0.1) is 11.3 Å². The Morgan fingerprint density at radius 2 is 1.70 bits per heavy atom. The summed E-state index contributed by atoms with van der Waals surface area (Å²) in [7, 11) is -2.23. The van der Waals surface area contributed by atoms with Gasteiger partial charge < -0.3 is 5.32 Å². The predicted molar refractivity (Wildman–Crippen MR) is 110 cm³/mol. The van der Waals surface area contributed by atoms with E-state index in [1.165, 1.54) is 24.5 Å². The fraction of sp³-hybridized carbons (Fsp3) is 0.150. The quantitative estimate of drug-likeness (QED) is 0.674.